The summed E-state index contributed by atoms with van der Waals surface area (Å²) in [6.07, 6.45) is 7.99. The third kappa shape index (κ3) is 3.11. The van der Waals surface area contributed by atoms with Crippen molar-refractivity contribution in [1.82, 2.24) is 5.32 Å². The molecule has 0 radical (unpaired) electrons. The molecule has 1 aromatic rings. The third-order valence-electron chi connectivity index (χ3n) is 5.52. The first-order valence-corrected chi connectivity index (χ1v) is 8.62. The average molecular weight is 287 g/mol. The molecule has 2 aliphatic carbocycles. The lowest BCUT2D eigenvalue weighted by Gasteiger charge is -2.37. The SMILES string of the molecule is COc1ccc2c(c1)C(NC1CCCCC1C(C)C)CC2. The van der Waals surface area contributed by atoms with Gasteiger partial charge in [0, 0.05) is 12.1 Å². The van der Waals surface area contributed by atoms with E-state index in [1.165, 1.54) is 49.7 Å². The van der Waals surface area contributed by atoms with E-state index in [1.54, 1.807) is 7.11 Å². The highest BCUT2D eigenvalue weighted by molar-refractivity contribution is 5.40. The van der Waals surface area contributed by atoms with Gasteiger partial charge in [-0.1, -0.05) is 32.8 Å². The van der Waals surface area contributed by atoms with E-state index >= 15 is 0 Å². The smallest absolute Gasteiger partial charge is 0.119 e. The van der Waals surface area contributed by atoms with Crippen LogP contribution >= 0.6 is 0 Å². The van der Waals surface area contributed by atoms with Gasteiger partial charge in [-0.25, -0.2) is 0 Å². The van der Waals surface area contributed by atoms with Crippen LogP contribution in [0, 0.1) is 11.8 Å². The molecule has 21 heavy (non-hydrogen) atoms. The maximum Gasteiger partial charge on any atom is 0.119 e. The van der Waals surface area contributed by atoms with Crippen LogP contribution in [-0.4, -0.2) is 13.2 Å². The van der Waals surface area contributed by atoms with E-state index in [-0.39, 0.29) is 0 Å². The van der Waals surface area contributed by atoms with Crippen LogP contribution in [0.3, 0.4) is 0 Å². The number of ether oxygens (including phenoxy) is 1. The molecule has 1 fully saturated rings. The van der Waals surface area contributed by atoms with Crippen molar-refractivity contribution in [2.75, 3.05) is 7.11 Å². The molecule has 0 amide bonds. The van der Waals surface area contributed by atoms with Crippen LogP contribution in [0.15, 0.2) is 18.2 Å². The number of fused-ring (bicyclic) bond motifs is 1. The summed E-state index contributed by atoms with van der Waals surface area (Å²) in [5.74, 6) is 2.62. The summed E-state index contributed by atoms with van der Waals surface area (Å²) in [5, 5.41) is 4.00. The molecule has 3 atom stereocenters. The fraction of sp³-hybridized carbons (Fsp3) is 0.684. The predicted molar refractivity (Wildman–Crippen MR) is 87.8 cm³/mol. The molecule has 3 unspecified atom stereocenters. The Morgan fingerprint density at radius 2 is 1.95 bits per heavy atom. The molecule has 0 heterocycles. The molecular weight excluding hydrogens is 258 g/mol. The van der Waals surface area contributed by atoms with Crippen molar-refractivity contribution in [3.05, 3.63) is 29.3 Å². The summed E-state index contributed by atoms with van der Waals surface area (Å²) < 4.78 is 5.41. The number of aryl methyl sites for hydroxylation is 1. The van der Waals surface area contributed by atoms with Gasteiger partial charge in [-0.3, -0.25) is 0 Å². The number of nitrogens with one attached hydrogen (secondary N) is 1. The Labute approximate surface area is 129 Å². The van der Waals surface area contributed by atoms with Gasteiger partial charge in [0.15, 0.2) is 0 Å². The first kappa shape index (κ1) is 14.9. The number of benzene rings is 1. The van der Waals surface area contributed by atoms with Gasteiger partial charge in [-0.2, -0.15) is 0 Å². The van der Waals surface area contributed by atoms with E-state index in [1.807, 2.05) is 0 Å². The van der Waals surface area contributed by atoms with Crippen molar-refractivity contribution in [1.29, 1.82) is 0 Å². The van der Waals surface area contributed by atoms with E-state index in [0.29, 0.717) is 12.1 Å². The average Bonchev–Trinajstić information content (AvgIpc) is 2.90. The minimum Gasteiger partial charge on any atom is -0.497 e. The van der Waals surface area contributed by atoms with Crippen LogP contribution in [-0.2, 0) is 6.42 Å². The van der Waals surface area contributed by atoms with Crippen LogP contribution in [0.2, 0.25) is 0 Å². The summed E-state index contributed by atoms with van der Waals surface area (Å²) in [7, 11) is 1.76. The molecule has 116 valence electrons. The Kier molecular flexibility index (Phi) is 4.54. The summed E-state index contributed by atoms with van der Waals surface area (Å²) in [5.41, 5.74) is 2.98. The van der Waals surface area contributed by atoms with Crippen LogP contribution in [0.4, 0.5) is 0 Å². The van der Waals surface area contributed by atoms with Crippen molar-refractivity contribution in [3.8, 4) is 5.75 Å². The topological polar surface area (TPSA) is 21.3 Å². The normalized spacial score (nSPS) is 28.7. The molecule has 2 heteroatoms. The van der Waals surface area contributed by atoms with Gasteiger partial charge < -0.3 is 10.1 Å². The molecule has 2 nitrogen and oxygen atoms in total. The van der Waals surface area contributed by atoms with Gasteiger partial charge in [0.2, 0.25) is 0 Å². The van der Waals surface area contributed by atoms with Crippen LogP contribution in [0.1, 0.15) is 63.1 Å². The predicted octanol–water partition coefficient (Wildman–Crippen LogP) is 4.49. The van der Waals surface area contributed by atoms with E-state index in [4.69, 9.17) is 4.74 Å². The standard InChI is InChI=1S/C19H29NO/c1-13(2)16-6-4-5-7-18(16)20-19-11-9-14-8-10-15(21-3)12-17(14)19/h8,10,12-13,16,18-20H,4-7,9,11H2,1-3H3. The first-order chi connectivity index (χ1) is 10.2. The second-order valence-corrected chi connectivity index (χ2v) is 7.12. The molecule has 2 aliphatic rings. The zero-order valence-electron chi connectivity index (χ0n) is 13.7. The highest BCUT2D eigenvalue weighted by Crippen LogP contribution is 2.37. The summed E-state index contributed by atoms with van der Waals surface area (Å²) >= 11 is 0. The zero-order chi connectivity index (χ0) is 14.8. The van der Waals surface area contributed by atoms with Crippen LogP contribution < -0.4 is 10.1 Å². The van der Waals surface area contributed by atoms with Gasteiger partial charge >= 0.3 is 0 Å². The van der Waals surface area contributed by atoms with Crippen molar-refractivity contribution in [2.45, 2.75) is 64.5 Å². The number of rotatable bonds is 4. The first-order valence-electron chi connectivity index (χ1n) is 8.62. The lowest BCUT2D eigenvalue weighted by atomic mass is 9.77. The van der Waals surface area contributed by atoms with E-state index in [0.717, 1.165) is 17.6 Å². The molecule has 1 aromatic carbocycles. The van der Waals surface area contributed by atoms with Gasteiger partial charge in [-0.15, -0.1) is 0 Å². The van der Waals surface area contributed by atoms with E-state index in [2.05, 4.69) is 37.4 Å². The molecular formula is C19H29NO. The third-order valence-corrected chi connectivity index (χ3v) is 5.52. The molecule has 3 rings (SSSR count). The molecule has 0 aliphatic heterocycles. The molecule has 0 saturated heterocycles. The Morgan fingerprint density at radius 3 is 2.71 bits per heavy atom. The molecule has 0 bridgehead atoms. The van der Waals surface area contributed by atoms with Gasteiger partial charge in [0.1, 0.15) is 5.75 Å². The lowest BCUT2D eigenvalue weighted by molar-refractivity contribution is 0.192. The van der Waals surface area contributed by atoms with E-state index in [9.17, 15) is 0 Å². The monoisotopic (exact) mass is 287 g/mol. The van der Waals surface area contributed by atoms with E-state index < -0.39 is 0 Å². The van der Waals surface area contributed by atoms with Gasteiger partial charge in [0.05, 0.1) is 7.11 Å². The minimum atomic E-state index is 0.527. The quantitative estimate of drug-likeness (QED) is 0.881. The Bertz CT molecular complexity index is 482. The van der Waals surface area contributed by atoms with Crippen LogP contribution in [0.5, 0.6) is 5.75 Å². The van der Waals surface area contributed by atoms with Crippen molar-refractivity contribution >= 4 is 0 Å². The number of hydrogen-bond donors (Lipinski definition) is 1. The van der Waals surface area contributed by atoms with Gasteiger partial charge in [0.25, 0.3) is 0 Å². The minimum absolute atomic E-state index is 0.527. The second-order valence-electron chi connectivity index (χ2n) is 7.12. The summed E-state index contributed by atoms with van der Waals surface area (Å²) in [6, 6.07) is 7.81. The lowest BCUT2D eigenvalue weighted by Crippen LogP contribution is -2.42. The highest BCUT2D eigenvalue weighted by Gasteiger charge is 2.31. The largest absolute Gasteiger partial charge is 0.497 e. The van der Waals surface area contributed by atoms with Crippen LogP contribution in [0.25, 0.3) is 0 Å². The van der Waals surface area contributed by atoms with Crippen molar-refractivity contribution in [2.24, 2.45) is 11.8 Å². The molecule has 1 N–H and O–H groups in total. The summed E-state index contributed by atoms with van der Waals surface area (Å²) in [6.45, 7) is 4.77. The Hall–Kier alpha value is -1.02. The number of hydrogen-bond acceptors (Lipinski definition) is 2. The maximum atomic E-state index is 5.41. The molecule has 0 spiro atoms. The zero-order valence-corrected chi connectivity index (χ0v) is 13.7. The molecule has 0 aromatic heterocycles. The Balaban J connectivity index is 1.74. The highest BCUT2D eigenvalue weighted by atomic mass is 16.5. The second kappa shape index (κ2) is 6.39. The summed E-state index contributed by atoms with van der Waals surface area (Å²) in [4.78, 5) is 0. The Morgan fingerprint density at radius 1 is 1.14 bits per heavy atom. The van der Waals surface area contributed by atoms with Crippen molar-refractivity contribution < 1.29 is 4.74 Å². The van der Waals surface area contributed by atoms with Crippen molar-refractivity contribution in [3.63, 3.8) is 0 Å². The molecule has 1 saturated carbocycles. The number of methoxy groups -OCH3 is 1. The fourth-order valence-electron chi connectivity index (χ4n) is 4.30. The van der Waals surface area contributed by atoms with Gasteiger partial charge in [-0.05, 0) is 60.8 Å². The maximum absolute atomic E-state index is 5.41. The fourth-order valence-corrected chi connectivity index (χ4v) is 4.30.